The van der Waals surface area contributed by atoms with Crippen LogP contribution in [0.1, 0.15) is 23.3 Å². The second kappa shape index (κ2) is 7.22. The number of carbonyl (C=O) groups is 1. The van der Waals surface area contributed by atoms with E-state index in [1.165, 1.54) is 11.6 Å². The Labute approximate surface area is 152 Å². The highest BCUT2D eigenvalue weighted by Crippen LogP contribution is 2.25. The van der Waals surface area contributed by atoms with Gasteiger partial charge in [0.1, 0.15) is 17.3 Å². The lowest BCUT2D eigenvalue weighted by Crippen LogP contribution is -2.15. The van der Waals surface area contributed by atoms with Crippen molar-refractivity contribution in [1.29, 1.82) is 0 Å². The topological polar surface area (TPSA) is 135 Å². The van der Waals surface area contributed by atoms with Gasteiger partial charge >= 0.3 is 0 Å². The Balaban J connectivity index is 1.69. The molecule has 1 atom stereocenters. The van der Waals surface area contributed by atoms with E-state index < -0.39 is 5.91 Å². The van der Waals surface area contributed by atoms with Crippen LogP contribution in [0, 0.1) is 0 Å². The second-order valence-corrected chi connectivity index (χ2v) is 5.75. The summed E-state index contributed by atoms with van der Waals surface area (Å²) in [6.07, 6.45) is 6.43. The molecule has 136 valence electrons. The Morgan fingerprint density at radius 2 is 2.26 bits per heavy atom. The van der Waals surface area contributed by atoms with Gasteiger partial charge in [0.25, 0.3) is 5.91 Å². The Morgan fingerprint density at radius 1 is 1.37 bits per heavy atom. The first-order valence-corrected chi connectivity index (χ1v) is 8.10. The first-order valence-electron chi connectivity index (χ1n) is 8.10. The molecular formula is C17H15N7O3. The van der Waals surface area contributed by atoms with Gasteiger partial charge in [-0.05, 0) is 24.3 Å². The van der Waals surface area contributed by atoms with E-state index in [-0.39, 0.29) is 6.04 Å². The lowest BCUT2D eigenvalue weighted by Gasteiger charge is -2.12. The van der Waals surface area contributed by atoms with Crippen LogP contribution in [-0.4, -0.2) is 41.3 Å². The van der Waals surface area contributed by atoms with Gasteiger partial charge in [-0.25, -0.2) is 15.1 Å². The summed E-state index contributed by atoms with van der Waals surface area (Å²) in [5, 5.41) is 23.6. The molecule has 0 spiro atoms. The van der Waals surface area contributed by atoms with Gasteiger partial charge in [0, 0.05) is 24.4 Å². The molecule has 4 aromatic rings. The molecule has 1 unspecified atom stereocenters. The van der Waals surface area contributed by atoms with Crippen molar-refractivity contribution in [3.63, 3.8) is 0 Å². The molecule has 0 bridgehead atoms. The maximum Gasteiger partial charge on any atom is 0.267 e. The average molecular weight is 365 g/mol. The Bertz CT molecular complexity index is 1050. The summed E-state index contributed by atoms with van der Waals surface area (Å²) < 4.78 is 7.52. The molecule has 0 aliphatic carbocycles. The van der Waals surface area contributed by atoms with Crippen LogP contribution in [0.25, 0.3) is 17.2 Å². The fourth-order valence-corrected chi connectivity index (χ4v) is 2.65. The third-order valence-corrected chi connectivity index (χ3v) is 3.93. The van der Waals surface area contributed by atoms with Crippen molar-refractivity contribution >= 4 is 23.1 Å². The summed E-state index contributed by atoms with van der Waals surface area (Å²) in [6, 6.07) is 8.99. The summed E-state index contributed by atoms with van der Waals surface area (Å²) in [4.78, 5) is 15.7. The molecule has 27 heavy (non-hydrogen) atoms. The number of nitrogens with zero attached hydrogens (tertiary/aromatic N) is 5. The lowest BCUT2D eigenvalue weighted by molar-refractivity contribution is -0.124. The van der Waals surface area contributed by atoms with E-state index in [1.807, 2.05) is 30.3 Å². The maximum atomic E-state index is 11.1. The van der Waals surface area contributed by atoms with Crippen molar-refractivity contribution in [2.45, 2.75) is 12.5 Å². The van der Waals surface area contributed by atoms with E-state index in [1.54, 1.807) is 17.1 Å². The number of hydroxylamine groups is 1. The van der Waals surface area contributed by atoms with Gasteiger partial charge in [-0.3, -0.25) is 15.1 Å². The predicted octanol–water partition coefficient (Wildman–Crippen LogP) is 1.49. The smallest absolute Gasteiger partial charge is 0.267 e. The van der Waals surface area contributed by atoms with Gasteiger partial charge in [-0.1, -0.05) is 17.3 Å². The lowest BCUT2D eigenvalue weighted by atomic mass is 10.1. The summed E-state index contributed by atoms with van der Waals surface area (Å²) in [7, 11) is 0. The highest BCUT2D eigenvalue weighted by atomic mass is 16.5. The van der Waals surface area contributed by atoms with E-state index in [0.29, 0.717) is 23.6 Å². The van der Waals surface area contributed by atoms with Crippen LogP contribution in [0.5, 0.6) is 0 Å². The van der Waals surface area contributed by atoms with Gasteiger partial charge in [0.2, 0.25) is 5.89 Å². The van der Waals surface area contributed by atoms with Crippen LogP contribution in [-0.2, 0) is 11.2 Å². The quantitative estimate of drug-likeness (QED) is 0.268. The molecule has 0 aliphatic heterocycles. The van der Waals surface area contributed by atoms with Crippen LogP contribution < -0.4 is 5.48 Å². The van der Waals surface area contributed by atoms with Crippen LogP contribution in [0.4, 0.5) is 0 Å². The fraction of sp³-hybridized carbons (Fsp3) is 0.118. The number of aromatic amines is 1. The number of benzene rings is 1. The largest absolute Gasteiger partial charge is 0.438 e. The molecule has 1 aromatic carbocycles. The zero-order valence-electron chi connectivity index (χ0n) is 14.0. The van der Waals surface area contributed by atoms with Crippen molar-refractivity contribution < 1.29 is 14.4 Å². The number of oxazole rings is 1. The predicted molar refractivity (Wildman–Crippen MR) is 93.4 cm³/mol. The zero-order chi connectivity index (χ0) is 18.6. The number of aromatic nitrogens is 6. The number of nitrogens with one attached hydrogen (secondary N) is 2. The van der Waals surface area contributed by atoms with Crippen molar-refractivity contribution in [3.05, 3.63) is 66.1 Å². The van der Waals surface area contributed by atoms with Gasteiger partial charge in [0.15, 0.2) is 5.58 Å². The number of hydrogen-bond donors (Lipinski definition) is 3. The van der Waals surface area contributed by atoms with Crippen molar-refractivity contribution in [2.24, 2.45) is 0 Å². The second-order valence-electron chi connectivity index (χ2n) is 5.75. The average Bonchev–Trinajstić information content (AvgIpc) is 3.44. The summed E-state index contributed by atoms with van der Waals surface area (Å²) in [6.45, 7) is 0. The van der Waals surface area contributed by atoms with Gasteiger partial charge < -0.3 is 4.42 Å². The van der Waals surface area contributed by atoms with Crippen molar-refractivity contribution in [1.82, 2.24) is 35.7 Å². The standard InChI is InChI=1S/C17H15N7O3/c25-16(22-26)6-5-12-10-24(23-21-12)14(9-11-7-8-18-20-11)17-19-13-3-1-2-4-15(13)27-17/h1-8,10,14,26H,9H2,(H,18,20)(H,22,25)/b6-5+. The number of rotatable bonds is 6. The number of amides is 1. The van der Waals surface area contributed by atoms with Gasteiger partial charge in [0.05, 0.1) is 6.20 Å². The molecule has 10 nitrogen and oxygen atoms in total. The third kappa shape index (κ3) is 3.60. The number of hydrogen-bond acceptors (Lipinski definition) is 7. The van der Waals surface area contributed by atoms with Crippen LogP contribution >= 0.6 is 0 Å². The Kier molecular flexibility index (Phi) is 4.45. The highest BCUT2D eigenvalue weighted by Gasteiger charge is 2.23. The van der Waals surface area contributed by atoms with Gasteiger partial charge in [-0.2, -0.15) is 5.10 Å². The minimum Gasteiger partial charge on any atom is -0.438 e. The molecule has 0 saturated heterocycles. The Hall–Kier alpha value is -3.79. The molecule has 1 amide bonds. The summed E-state index contributed by atoms with van der Waals surface area (Å²) in [5.41, 5.74) is 4.28. The number of fused-ring (bicyclic) bond motifs is 1. The Morgan fingerprint density at radius 3 is 3.04 bits per heavy atom. The van der Waals surface area contributed by atoms with E-state index in [0.717, 1.165) is 17.3 Å². The van der Waals surface area contributed by atoms with Crippen LogP contribution in [0.2, 0.25) is 0 Å². The minimum atomic E-state index is -0.655. The summed E-state index contributed by atoms with van der Waals surface area (Å²) >= 11 is 0. The molecule has 3 aromatic heterocycles. The van der Waals surface area contributed by atoms with E-state index >= 15 is 0 Å². The molecule has 3 N–H and O–H groups in total. The van der Waals surface area contributed by atoms with Crippen LogP contribution in [0.3, 0.4) is 0 Å². The molecule has 0 fully saturated rings. The molecule has 0 aliphatic rings. The fourth-order valence-electron chi connectivity index (χ4n) is 2.65. The number of H-pyrrole nitrogens is 1. The molecule has 10 heteroatoms. The number of para-hydroxylation sites is 2. The van der Waals surface area contributed by atoms with Crippen molar-refractivity contribution in [2.75, 3.05) is 0 Å². The molecule has 0 saturated carbocycles. The van der Waals surface area contributed by atoms with Gasteiger partial charge in [-0.15, -0.1) is 5.10 Å². The molecule has 4 rings (SSSR count). The first kappa shape index (κ1) is 16.7. The van der Waals surface area contributed by atoms with E-state index in [9.17, 15) is 4.79 Å². The zero-order valence-corrected chi connectivity index (χ0v) is 14.0. The number of carbonyl (C=O) groups excluding carboxylic acids is 1. The summed E-state index contributed by atoms with van der Waals surface area (Å²) in [5.74, 6) is -0.170. The maximum absolute atomic E-state index is 11.1. The first-order chi connectivity index (χ1) is 13.2. The van der Waals surface area contributed by atoms with E-state index in [2.05, 4.69) is 25.5 Å². The minimum absolute atomic E-state index is 0.362. The van der Waals surface area contributed by atoms with E-state index in [4.69, 9.17) is 9.62 Å². The monoisotopic (exact) mass is 365 g/mol. The molecule has 0 radical (unpaired) electrons. The SMILES string of the molecule is O=C(/C=C/c1cn(C(Cc2ccn[nH]2)c2nc3ccccc3o2)nn1)NO. The van der Waals surface area contributed by atoms with Crippen LogP contribution in [0.15, 0.2) is 53.2 Å². The molecular weight excluding hydrogens is 350 g/mol. The highest BCUT2D eigenvalue weighted by molar-refractivity contribution is 5.90. The third-order valence-electron chi connectivity index (χ3n) is 3.93. The van der Waals surface area contributed by atoms with Crippen molar-refractivity contribution in [3.8, 4) is 0 Å². The normalized spacial score (nSPS) is 12.6. The molecule has 3 heterocycles.